The van der Waals surface area contributed by atoms with Crippen LogP contribution in [0.25, 0.3) is 4.85 Å². The van der Waals surface area contributed by atoms with E-state index in [0.29, 0.717) is 13.1 Å². The Kier molecular flexibility index (Phi) is 20.3. The Morgan fingerprint density at radius 2 is 1.36 bits per heavy atom. The molecule has 0 fully saturated rings. The van der Waals surface area contributed by atoms with Crippen molar-refractivity contribution in [2.24, 2.45) is 0 Å². The standard InChI is InChI=1S/C34H65N4O8P/c1-18-19-21-36(24-31(39)42-32(8,9)10)23-30(25-41-47(40-22-20-35-17)38(26(2)3)27(4)5)37(28(6)43-45-33(11,12)13)29(7)44-46-34(14,15)16/h26-27,30H,6-7,18-25H2,1-5,8-16H3. The van der Waals surface area contributed by atoms with E-state index in [1.165, 1.54) is 0 Å². The molecule has 0 aliphatic heterocycles. The maximum Gasteiger partial charge on any atom is 0.320 e. The summed E-state index contributed by atoms with van der Waals surface area (Å²) in [5.41, 5.74) is -1.92. The summed E-state index contributed by atoms with van der Waals surface area (Å²) in [6.07, 6.45) is 1.78. The smallest absolute Gasteiger partial charge is 0.320 e. The number of carbonyl (C=O) groups excluding carboxylic acids is 1. The van der Waals surface area contributed by atoms with Crippen LogP contribution in [0.3, 0.4) is 0 Å². The van der Waals surface area contributed by atoms with E-state index in [-0.39, 0.29) is 56.1 Å². The predicted molar refractivity (Wildman–Crippen MR) is 187 cm³/mol. The highest BCUT2D eigenvalue weighted by molar-refractivity contribution is 7.44. The Morgan fingerprint density at radius 3 is 1.77 bits per heavy atom. The van der Waals surface area contributed by atoms with E-state index >= 15 is 0 Å². The lowest BCUT2D eigenvalue weighted by Crippen LogP contribution is -2.48. The number of rotatable bonds is 23. The molecule has 0 N–H and O–H groups in total. The molecular weight excluding hydrogens is 623 g/mol. The maximum atomic E-state index is 13.0. The summed E-state index contributed by atoms with van der Waals surface area (Å²) in [6.45, 7) is 44.1. The van der Waals surface area contributed by atoms with Crippen molar-refractivity contribution >= 4 is 14.5 Å². The van der Waals surface area contributed by atoms with Gasteiger partial charge in [-0.05, 0) is 116 Å². The van der Waals surface area contributed by atoms with Crippen molar-refractivity contribution in [2.75, 3.05) is 39.4 Å². The summed E-state index contributed by atoms with van der Waals surface area (Å²) in [4.78, 5) is 42.8. The zero-order valence-electron chi connectivity index (χ0n) is 31.8. The van der Waals surface area contributed by atoms with Gasteiger partial charge in [0.2, 0.25) is 18.3 Å². The van der Waals surface area contributed by atoms with Crippen LogP contribution in [0.1, 0.15) is 110 Å². The molecule has 0 amide bonds. The molecule has 2 atom stereocenters. The van der Waals surface area contributed by atoms with Gasteiger partial charge >= 0.3 is 5.97 Å². The van der Waals surface area contributed by atoms with Gasteiger partial charge in [-0.1, -0.05) is 13.3 Å². The molecular formula is C34H65N4O8P. The van der Waals surface area contributed by atoms with Crippen LogP contribution in [0.5, 0.6) is 0 Å². The largest absolute Gasteiger partial charge is 0.459 e. The SMILES string of the molecule is [C-]#[N+]CCOP(OCC(CN(CCCC)CC(=O)OC(C)(C)C)N(C(=C)OOC(C)(C)C)C(=C)OOC(C)(C)C)N(C(C)C)C(C)C. The molecule has 0 saturated carbocycles. The van der Waals surface area contributed by atoms with Crippen LogP contribution >= 0.6 is 8.53 Å². The average Bonchev–Trinajstić information content (AvgIpc) is 2.89. The van der Waals surface area contributed by atoms with Crippen molar-refractivity contribution in [2.45, 2.75) is 145 Å². The van der Waals surface area contributed by atoms with E-state index in [0.717, 1.165) is 12.8 Å². The number of esters is 1. The Bertz CT molecular complexity index is 945. The number of hydrogen-bond donors (Lipinski definition) is 0. The minimum absolute atomic E-state index is 0.0552. The Morgan fingerprint density at radius 1 is 0.851 bits per heavy atom. The van der Waals surface area contributed by atoms with Crippen molar-refractivity contribution in [1.82, 2.24) is 14.5 Å². The summed E-state index contributed by atoms with van der Waals surface area (Å²) in [6, 6.07) is -0.361. The number of ether oxygens (including phenoxy) is 1. The first-order chi connectivity index (χ1) is 21.5. The molecule has 47 heavy (non-hydrogen) atoms. The molecule has 0 radical (unpaired) electrons. The fourth-order valence-electron chi connectivity index (χ4n) is 4.11. The van der Waals surface area contributed by atoms with Gasteiger partial charge in [-0.2, -0.15) is 9.78 Å². The van der Waals surface area contributed by atoms with E-state index in [1.54, 1.807) is 4.90 Å². The van der Waals surface area contributed by atoms with Gasteiger partial charge in [-0.15, -0.1) is 0 Å². The number of hydrogen-bond acceptors (Lipinski definition) is 11. The minimum Gasteiger partial charge on any atom is -0.459 e. The number of nitrogens with zero attached hydrogens (tertiary/aromatic N) is 4. The molecule has 0 heterocycles. The summed E-state index contributed by atoms with van der Waals surface area (Å²) in [5, 5.41) is 0. The van der Waals surface area contributed by atoms with Crippen LogP contribution in [-0.4, -0.2) is 94.8 Å². The minimum atomic E-state index is -1.58. The molecule has 13 heteroatoms. The molecule has 274 valence electrons. The van der Waals surface area contributed by atoms with Crippen molar-refractivity contribution in [3.05, 3.63) is 36.3 Å². The fourth-order valence-corrected chi connectivity index (χ4v) is 5.74. The monoisotopic (exact) mass is 688 g/mol. The summed E-state index contributed by atoms with van der Waals surface area (Å²) in [7, 11) is -1.58. The number of carbonyl (C=O) groups is 1. The van der Waals surface area contributed by atoms with Gasteiger partial charge < -0.3 is 28.4 Å². The molecule has 0 spiro atoms. The molecule has 0 bridgehead atoms. The average molecular weight is 689 g/mol. The van der Waals surface area contributed by atoms with Crippen LogP contribution in [0.15, 0.2) is 24.9 Å². The van der Waals surface area contributed by atoms with Crippen LogP contribution in [0.2, 0.25) is 0 Å². The van der Waals surface area contributed by atoms with E-state index in [9.17, 15) is 4.79 Å². The highest BCUT2D eigenvalue weighted by atomic mass is 31.2. The normalized spacial score (nSPS) is 13.9. The lowest BCUT2D eigenvalue weighted by Gasteiger charge is -2.39. The summed E-state index contributed by atoms with van der Waals surface area (Å²) in [5.74, 6) is -0.161. The lowest BCUT2D eigenvalue weighted by atomic mass is 10.2. The molecule has 0 aromatic heterocycles. The van der Waals surface area contributed by atoms with Gasteiger partial charge in [-0.3, -0.25) is 14.6 Å². The molecule has 0 saturated heterocycles. The molecule has 0 rings (SSSR count). The first kappa shape index (κ1) is 45.0. The first-order valence-corrected chi connectivity index (χ1v) is 17.6. The highest BCUT2D eigenvalue weighted by Crippen LogP contribution is 2.46. The van der Waals surface area contributed by atoms with Crippen molar-refractivity contribution in [3.63, 3.8) is 0 Å². The topological polar surface area (TPSA) is 95.8 Å². The molecule has 0 aliphatic carbocycles. The zero-order valence-corrected chi connectivity index (χ0v) is 32.7. The Labute approximate surface area is 287 Å². The molecule has 12 nitrogen and oxygen atoms in total. The quantitative estimate of drug-likeness (QED) is 0.0200. The van der Waals surface area contributed by atoms with Gasteiger partial charge in [0.05, 0.1) is 19.2 Å². The Balaban J connectivity index is 6.85. The second-order valence-electron chi connectivity index (χ2n) is 14.9. The van der Waals surface area contributed by atoms with E-state index in [1.807, 2.05) is 67.2 Å². The van der Waals surface area contributed by atoms with Crippen LogP contribution < -0.4 is 0 Å². The third-order valence-corrected chi connectivity index (χ3v) is 7.85. The summed E-state index contributed by atoms with van der Waals surface area (Å²) < 4.78 is 20.6. The predicted octanol–water partition coefficient (Wildman–Crippen LogP) is 7.83. The van der Waals surface area contributed by atoms with Gasteiger partial charge in [0.15, 0.2) is 0 Å². The van der Waals surface area contributed by atoms with Gasteiger partial charge in [0.25, 0.3) is 8.53 Å². The van der Waals surface area contributed by atoms with Gasteiger partial charge in [0.1, 0.15) is 23.4 Å². The fraction of sp³-hybridized carbons (Fsp3) is 0.824. The second kappa shape index (κ2) is 21.2. The third-order valence-electron chi connectivity index (χ3n) is 5.78. The third kappa shape index (κ3) is 20.9. The first-order valence-electron chi connectivity index (χ1n) is 16.5. The van der Waals surface area contributed by atoms with Crippen LogP contribution in [-0.2, 0) is 38.1 Å². The Hall–Kier alpha value is -1.97. The molecule has 0 aromatic rings. The van der Waals surface area contributed by atoms with Crippen molar-refractivity contribution in [1.29, 1.82) is 0 Å². The van der Waals surface area contributed by atoms with E-state index in [2.05, 4.69) is 57.3 Å². The van der Waals surface area contributed by atoms with Crippen molar-refractivity contribution in [3.8, 4) is 0 Å². The van der Waals surface area contributed by atoms with Crippen LogP contribution in [0.4, 0.5) is 0 Å². The lowest BCUT2D eigenvalue weighted by molar-refractivity contribution is -0.354. The molecule has 0 aliphatic rings. The highest BCUT2D eigenvalue weighted by Gasteiger charge is 2.34. The summed E-state index contributed by atoms with van der Waals surface area (Å²) >= 11 is 0. The second-order valence-corrected chi connectivity index (χ2v) is 16.3. The van der Waals surface area contributed by atoms with Crippen LogP contribution in [0, 0.1) is 6.57 Å². The zero-order chi connectivity index (χ0) is 36.6. The maximum absolute atomic E-state index is 13.0. The molecule has 2 unspecified atom stereocenters. The van der Waals surface area contributed by atoms with Crippen molar-refractivity contribution < 1.29 is 38.1 Å². The molecule has 0 aromatic carbocycles. The van der Waals surface area contributed by atoms with E-state index < -0.39 is 31.4 Å². The van der Waals surface area contributed by atoms with Gasteiger partial charge in [-0.25, -0.2) is 11.2 Å². The van der Waals surface area contributed by atoms with E-state index in [4.69, 9.17) is 39.9 Å². The number of unbranched alkanes of at least 4 members (excludes halogenated alkanes) is 1. The van der Waals surface area contributed by atoms with Gasteiger partial charge in [0, 0.05) is 18.6 Å².